The lowest BCUT2D eigenvalue weighted by atomic mass is 10.00. The first-order chi connectivity index (χ1) is 30.6. The molecule has 0 saturated carbocycles. The van der Waals surface area contributed by atoms with Crippen LogP contribution >= 0.6 is 0 Å². The third-order valence-corrected chi connectivity index (χ3v) is 14.6. The highest BCUT2D eigenvalue weighted by Crippen LogP contribution is 2.38. The number of ether oxygens (including phenoxy) is 6. The van der Waals surface area contributed by atoms with E-state index in [0.717, 1.165) is 55.1 Å². The molecule has 2 aliphatic rings. The van der Waals surface area contributed by atoms with Gasteiger partial charge in [-0.3, -0.25) is 10.1 Å². The highest BCUT2D eigenvalue weighted by Gasteiger charge is 2.48. The van der Waals surface area contributed by atoms with Crippen molar-refractivity contribution in [1.82, 2.24) is 14.9 Å². The van der Waals surface area contributed by atoms with Crippen LogP contribution in [-0.4, -0.2) is 94.3 Å². The Hall–Kier alpha value is -3.90. The molecule has 65 heavy (non-hydrogen) atoms. The summed E-state index contributed by atoms with van der Waals surface area (Å²) < 4.78 is 65.0. The predicted octanol–water partition coefficient (Wildman–Crippen LogP) is 6.19. The Morgan fingerprint density at radius 2 is 1.57 bits per heavy atom. The maximum absolute atomic E-state index is 14.7. The minimum absolute atomic E-state index is 0.156. The van der Waals surface area contributed by atoms with Gasteiger partial charge in [0, 0.05) is 78.6 Å². The first-order valence-electron chi connectivity index (χ1n) is 22.4. The number of aliphatic hydroxyl groups is 2. The number of nitrogens with zero attached hydrogens (tertiary/aromatic N) is 1. The summed E-state index contributed by atoms with van der Waals surface area (Å²) in [5, 5.41) is 29.1. The van der Waals surface area contributed by atoms with Gasteiger partial charge in [-0.05, 0) is 85.9 Å². The standard InChI is InChI=1S/C48H70N4O11SSi/c1-46(2)60-32-37-29-36(19-21-42(37)62-46)41(53)31-50-23-12-9-10-13-24-58-25-14-11-16-35-17-15-18-40(28-35)64(56,57)52(45(44(49)54)51-34-59-26-27-65(6,7)8)48(5,55)39-20-22-43-38(30-39)33-61-47(3,4)63-43/h15,17-22,28-30,41,45,50-51,53,55H,9-10,12-14,23-27,31-34H2,1-8H3,(H2,49,54)/t41-,45?,48+/m0/s1. The normalized spacial score (nSPS) is 17.3. The van der Waals surface area contributed by atoms with E-state index in [1.54, 1.807) is 44.2 Å². The number of sulfonamides is 1. The van der Waals surface area contributed by atoms with Crippen LogP contribution in [-0.2, 0) is 52.7 Å². The molecule has 3 atom stereocenters. The van der Waals surface area contributed by atoms with Crippen LogP contribution in [0.5, 0.6) is 11.5 Å². The van der Waals surface area contributed by atoms with Gasteiger partial charge >= 0.3 is 0 Å². The van der Waals surface area contributed by atoms with E-state index in [9.17, 15) is 23.4 Å². The molecule has 3 aromatic carbocycles. The number of hydrogen-bond acceptors (Lipinski definition) is 13. The summed E-state index contributed by atoms with van der Waals surface area (Å²) in [6.45, 7) is 18.3. The molecule has 1 amide bonds. The molecule has 1 unspecified atom stereocenters. The molecule has 0 aliphatic carbocycles. The molecular weight excluding hydrogens is 869 g/mol. The molecule has 17 heteroatoms. The van der Waals surface area contributed by atoms with E-state index < -0.39 is 53.6 Å². The van der Waals surface area contributed by atoms with Crippen LogP contribution in [0.2, 0.25) is 25.7 Å². The van der Waals surface area contributed by atoms with Gasteiger partial charge in [0.2, 0.25) is 21.6 Å². The fourth-order valence-corrected chi connectivity index (χ4v) is 9.78. The number of benzene rings is 3. The maximum Gasteiger partial charge on any atom is 0.250 e. The minimum atomic E-state index is -4.66. The SMILES string of the molecule is CC1(C)OCc2cc([C@@H](O)CNCCCCCCOCCC#Cc3cccc(S(=O)(=O)N(C(NCOCC[Si](C)(C)C)C(N)=O)[C@](C)(O)c4ccc5c(c4)COC(C)(C)O5)c3)ccc2O1. The van der Waals surface area contributed by atoms with Crippen LogP contribution in [0.3, 0.4) is 0 Å². The second-order valence-electron chi connectivity index (χ2n) is 18.8. The van der Waals surface area contributed by atoms with Gasteiger partial charge in [-0.1, -0.05) is 62.5 Å². The lowest BCUT2D eigenvalue weighted by Crippen LogP contribution is -2.62. The van der Waals surface area contributed by atoms with Crippen molar-refractivity contribution in [3.05, 3.63) is 88.5 Å². The topological polar surface area (TPSA) is 200 Å². The van der Waals surface area contributed by atoms with Crippen LogP contribution in [0.25, 0.3) is 0 Å². The smallest absolute Gasteiger partial charge is 0.250 e. The van der Waals surface area contributed by atoms with Crippen LogP contribution in [0.15, 0.2) is 65.6 Å². The fraction of sp³-hybridized carbons (Fsp3) is 0.562. The molecule has 0 spiro atoms. The summed E-state index contributed by atoms with van der Waals surface area (Å²) in [7, 11) is -6.10. The number of nitrogens with two attached hydrogens (primary N) is 1. The summed E-state index contributed by atoms with van der Waals surface area (Å²) in [5.41, 5.74) is 6.53. The zero-order valence-electron chi connectivity index (χ0n) is 39.3. The molecule has 2 aliphatic heterocycles. The number of primary amides is 1. The van der Waals surface area contributed by atoms with Crippen molar-refractivity contribution in [2.24, 2.45) is 5.73 Å². The molecule has 358 valence electrons. The van der Waals surface area contributed by atoms with Gasteiger partial charge in [-0.2, -0.15) is 0 Å². The number of aliphatic hydroxyl groups excluding tert-OH is 1. The number of nitrogens with one attached hydrogen (secondary N) is 2. The third-order valence-electron chi connectivity index (χ3n) is 11.0. The second kappa shape index (κ2) is 22.7. The van der Waals surface area contributed by atoms with E-state index in [1.165, 1.54) is 19.1 Å². The number of unbranched alkanes of at least 4 members (excludes halogenated alkanes) is 3. The van der Waals surface area contributed by atoms with Crippen LogP contribution in [0, 0.1) is 11.8 Å². The van der Waals surface area contributed by atoms with E-state index in [0.29, 0.717) is 60.6 Å². The second-order valence-corrected chi connectivity index (χ2v) is 26.2. The molecule has 0 bridgehead atoms. The Balaban J connectivity index is 1.12. The van der Waals surface area contributed by atoms with Gasteiger partial charge in [0.25, 0.3) is 5.91 Å². The quantitative estimate of drug-likeness (QED) is 0.0295. The van der Waals surface area contributed by atoms with Gasteiger partial charge in [0.1, 0.15) is 11.5 Å². The lowest BCUT2D eigenvalue weighted by Gasteiger charge is -2.41. The van der Waals surface area contributed by atoms with Gasteiger partial charge in [-0.25, -0.2) is 8.42 Å². The number of fused-ring (bicyclic) bond motifs is 2. The van der Waals surface area contributed by atoms with E-state index in [4.69, 9.17) is 34.2 Å². The first kappa shape index (κ1) is 52.1. The van der Waals surface area contributed by atoms with Gasteiger partial charge < -0.3 is 49.7 Å². The van der Waals surface area contributed by atoms with Crippen molar-refractivity contribution in [2.45, 2.75) is 140 Å². The third kappa shape index (κ3) is 15.3. The maximum atomic E-state index is 14.7. The first-order valence-corrected chi connectivity index (χ1v) is 27.6. The molecule has 6 N–H and O–H groups in total. The minimum Gasteiger partial charge on any atom is -0.463 e. The molecule has 0 radical (unpaired) electrons. The Bertz CT molecular complexity index is 2240. The highest BCUT2D eigenvalue weighted by molar-refractivity contribution is 7.89. The average molecular weight is 939 g/mol. The van der Waals surface area contributed by atoms with E-state index in [1.807, 2.05) is 32.0 Å². The summed E-state index contributed by atoms with van der Waals surface area (Å²) in [5.74, 6) is 4.84. The summed E-state index contributed by atoms with van der Waals surface area (Å²) >= 11 is 0. The van der Waals surface area contributed by atoms with Crippen molar-refractivity contribution in [1.29, 1.82) is 0 Å². The number of rotatable bonds is 24. The zero-order valence-corrected chi connectivity index (χ0v) is 41.1. The van der Waals surface area contributed by atoms with Crippen LogP contribution in [0.4, 0.5) is 0 Å². The lowest BCUT2D eigenvalue weighted by molar-refractivity contribution is -0.180. The zero-order chi connectivity index (χ0) is 47.5. The number of hydrogen-bond donors (Lipinski definition) is 5. The average Bonchev–Trinajstić information content (AvgIpc) is 3.23. The molecular formula is C48H70N4O11SSi. The van der Waals surface area contributed by atoms with Crippen molar-refractivity contribution in [3.8, 4) is 23.3 Å². The van der Waals surface area contributed by atoms with Crippen molar-refractivity contribution < 1.29 is 51.8 Å². The van der Waals surface area contributed by atoms with Crippen LogP contribution < -0.4 is 25.8 Å². The van der Waals surface area contributed by atoms with E-state index in [2.05, 4.69) is 42.1 Å². The summed E-state index contributed by atoms with van der Waals surface area (Å²) in [4.78, 5) is 12.9. The Kier molecular flexibility index (Phi) is 18.2. The van der Waals surface area contributed by atoms with Crippen molar-refractivity contribution in [2.75, 3.05) is 39.6 Å². The summed E-state index contributed by atoms with van der Waals surface area (Å²) in [6, 6.07) is 17.4. The molecule has 5 rings (SSSR count). The molecule has 0 fully saturated rings. The summed E-state index contributed by atoms with van der Waals surface area (Å²) in [6.07, 6.45) is 2.02. The van der Waals surface area contributed by atoms with E-state index >= 15 is 0 Å². The number of carbonyl (C=O) groups excluding carboxylic acids is 1. The van der Waals surface area contributed by atoms with Crippen LogP contribution in [0.1, 0.15) is 101 Å². The molecule has 0 saturated heterocycles. The highest BCUT2D eigenvalue weighted by atomic mass is 32.2. The Labute approximate surface area is 386 Å². The molecule has 15 nitrogen and oxygen atoms in total. The predicted molar refractivity (Wildman–Crippen MR) is 251 cm³/mol. The van der Waals surface area contributed by atoms with Gasteiger partial charge in [0.05, 0.1) is 37.6 Å². The Morgan fingerprint density at radius 1 is 0.908 bits per heavy atom. The Morgan fingerprint density at radius 3 is 2.25 bits per heavy atom. The van der Waals surface area contributed by atoms with Crippen molar-refractivity contribution in [3.63, 3.8) is 0 Å². The molecule has 0 aromatic heterocycles. The number of carbonyl (C=O) groups is 1. The molecule has 3 aromatic rings. The molecule has 2 heterocycles. The van der Waals surface area contributed by atoms with Crippen molar-refractivity contribution >= 4 is 24.0 Å². The van der Waals surface area contributed by atoms with Gasteiger partial charge in [-0.15, -0.1) is 4.31 Å². The number of amides is 1. The largest absolute Gasteiger partial charge is 0.463 e. The monoisotopic (exact) mass is 938 g/mol. The van der Waals surface area contributed by atoms with Gasteiger partial charge in [0.15, 0.2) is 11.9 Å². The van der Waals surface area contributed by atoms with E-state index in [-0.39, 0.29) is 23.8 Å². The fourth-order valence-electron chi connectivity index (χ4n) is 7.24.